The fourth-order valence-electron chi connectivity index (χ4n) is 1.02. The van der Waals surface area contributed by atoms with Crippen molar-refractivity contribution in [2.75, 3.05) is 5.32 Å². The van der Waals surface area contributed by atoms with Crippen LogP contribution in [0.2, 0.25) is 5.02 Å². The van der Waals surface area contributed by atoms with Crippen molar-refractivity contribution >= 4 is 23.3 Å². The summed E-state index contributed by atoms with van der Waals surface area (Å²) in [5.74, 6) is 0. The Morgan fingerprint density at radius 1 is 1.54 bits per heavy atom. The van der Waals surface area contributed by atoms with Gasteiger partial charge in [0.05, 0.1) is 0 Å². The Morgan fingerprint density at radius 3 is 2.77 bits per heavy atom. The van der Waals surface area contributed by atoms with E-state index in [-0.39, 0.29) is 6.54 Å². The van der Waals surface area contributed by atoms with Gasteiger partial charge in [0.25, 0.3) is 0 Å². The van der Waals surface area contributed by atoms with Crippen LogP contribution in [-0.4, -0.2) is 6.03 Å². The number of nitrogens with two attached hydrogens (primary N) is 2. The molecule has 70 valence electrons. The molecule has 2 amide bonds. The number of amides is 2. The number of carbonyl (C=O) groups is 1. The third-order valence-corrected chi connectivity index (χ3v) is 1.93. The predicted molar refractivity (Wildman–Crippen MR) is 52.5 cm³/mol. The highest BCUT2D eigenvalue weighted by Gasteiger charge is 2.05. The minimum atomic E-state index is -0.628. The quantitative estimate of drug-likeness (QED) is 0.671. The Morgan fingerprint density at radius 2 is 2.23 bits per heavy atom. The van der Waals surface area contributed by atoms with E-state index in [0.717, 1.165) is 0 Å². The summed E-state index contributed by atoms with van der Waals surface area (Å²) in [7, 11) is 0. The number of carbonyl (C=O) groups excluding carboxylic acids is 1. The molecule has 0 atom stereocenters. The van der Waals surface area contributed by atoms with Crippen molar-refractivity contribution in [3.8, 4) is 0 Å². The average Bonchev–Trinajstić information content (AvgIpc) is 2.03. The zero-order valence-electron chi connectivity index (χ0n) is 6.88. The fourth-order valence-corrected chi connectivity index (χ4v) is 1.27. The summed E-state index contributed by atoms with van der Waals surface area (Å²) in [6, 6.07) is 4.48. The van der Waals surface area contributed by atoms with Crippen LogP contribution < -0.4 is 16.8 Å². The smallest absolute Gasteiger partial charge is 0.316 e. The third-order valence-electron chi connectivity index (χ3n) is 1.58. The van der Waals surface area contributed by atoms with Gasteiger partial charge in [-0.25, -0.2) is 4.79 Å². The van der Waals surface area contributed by atoms with Gasteiger partial charge in [0, 0.05) is 22.8 Å². The van der Waals surface area contributed by atoms with Gasteiger partial charge in [0.15, 0.2) is 0 Å². The summed E-state index contributed by atoms with van der Waals surface area (Å²) < 4.78 is 0. The second-order valence-corrected chi connectivity index (χ2v) is 2.87. The molecule has 1 rings (SSSR count). The summed E-state index contributed by atoms with van der Waals surface area (Å²) in [6.45, 7) is 0.259. The first kappa shape index (κ1) is 9.83. The molecule has 0 aliphatic rings. The minimum Gasteiger partial charge on any atom is -0.351 e. The van der Waals surface area contributed by atoms with Crippen LogP contribution in [0.5, 0.6) is 0 Å². The van der Waals surface area contributed by atoms with Crippen LogP contribution >= 0.6 is 11.6 Å². The summed E-state index contributed by atoms with van der Waals surface area (Å²) in [5, 5.41) is 2.96. The van der Waals surface area contributed by atoms with Gasteiger partial charge in [-0.3, -0.25) is 0 Å². The largest absolute Gasteiger partial charge is 0.351 e. The van der Waals surface area contributed by atoms with Crippen LogP contribution in [0.25, 0.3) is 0 Å². The van der Waals surface area contributed by atoms with Crippen molar-refractivity contribution in [2.24, 2.45) is 11.5 Å². The van der Waals surface area contributed by atoms with Crippen molar-refractivity contribution < 1.29 is 4.79 Å². The van der Waals surface area contributed by atoms with Gasteiger partial charge in [-0.05, 0) is 12.1 Å². The summed E-state index contributed by atoms with van der Waals surface area (Å²) in [4.78, 5) is 10.6. The van der Waals surface area contributed by atoms with Crippen molar-refractivity contribution in [2.45, 2.75) is 6.54 Å². The molecule has 0 unspecified atom stereocenters. The van der Waals surface area contributed by atoms with E-state index < -0.39 is 6.03 Å². The maximum atomic E-state index is 10.6. The maximum Gasteiger partial charge on any atom is 0.316 e. The molecule has 0 bridgehead atoms. The molecule has 0 aliphatic heterocycles. The van der Waals surface area contributed by atoms with E-state index in [9.17, 15) is 4.79 Å². The molecule has 1 aromatic rings. The summed E-state index contributed by atoms with van der Waals surface area (Å²) >= 11 is 5.84. The molecule has 0 saturated heterocycles. The Bertz CT molecular complexity index is 327. The number of hydrogen-bond donors (Lipinski definition) is 3. The van der Waals surface area contributed by atoms with Crippen LogP contribution in [0.4, 0.5) is 10.5 Å². The lowest BCUT2D eigenvalue weighted by molar-refractivity contribution is 0.259. The molecule has 0 fully saturated rings. The lowest BCUT2D eigenvalue weighted by Gasteiger charge is -2.08. The summed E-state index contributed by atoms with van der Waals surface area (Å²) in [6.07, 6.45) is 0. The van der Waals surface area contributed by atoms with Crippen LogP contribution in [0, 0.1) is 0 Å². The number of anilines is 1. The molecule has 4 nitrogen and oxygen atoms in total. The van der Waals surface area contributed by atoms with Gasteiger partial charge >= 0.3 is 6.03 Å². The van der Waals surface area contributed by atoms with Crippen molar-refractivity contribution in [1.82, 2.24) is 0 Å². The molecule has 5 heteroatoms. The number of benzene rings is 1. The highest BCUT2D eigenvalue weighted by molar-refractivity contribution is 6.31. The molecule has 0 aliphatic carbocycles. The Kier molecular flexibility index (Phi) is 3.11. The third kappa shape index (κ3) is 2.34. The monoisotopic (exact) mass is 199 g/mol. The van der Waals surface area contributed by atoms with Gasteiger partial charge in [0.2, 0.25) is 0 Å². The number of urea groups is 1. The van der Waals surface area contributed by atoms with E-state index in [0.29, 0.717) is 16.3 Å². The van der Waals surface area contributed by atoms with Crippen molar-refractivity contribution in [3.05, 3.63) is 28.8 Å². The minimum absolute atomic E-state index is 0.259. The average molecular weight is 200 g/mol. The molecule has 0 saturated carbocycles. The van der Waals surface area contributed by atoms with Gasteiger partial charge in [-0.2, -0.15) is 0 Å². The van der Waals surface area contributed by atoms with Crippen LogP contribution in [-0.2, 0) is 6.54 Å². The lowest BCUT2D eigenvalue weighted by Crippen LogP contribution is -2.20. The number of hydrogen-bond acceptors (Lipinski definition) is 2. The van der Waals surface area contributed by atoms with E-state index in [1.54, 1.807) is 18.2 Å². The van der Waals surface area contributed by atoms with E-state index in [4.69, 9.17) is 23.1 Å². The molecule has 1 aromatic carbocycles. The molecule has 5 N–H and O–H groups in total. The molecular formula is C8H10ClN3O. The van der Waals surface area contributed by atoms with Crippen LogP contribution in [0.3, 0.4) is 0 Å². The van der Waals surface area contributed by atoms with Crippen molar-refractivity contribution in [3.63, 3.8) is 0 Å². The van der Waals surface area contributed by atoms with Crippen molar-refractivity contribution in [1.29, 1.82) is 0 Å². The molecule has 13 heavy (non-hydrogen) atoms. The normalized spacial score (nSPS) is 9.69. The molecule has 0 heterocycles. The number of nitrogens with one attached hydrogen (secondary N) is 1. The topological polar surface area (TPSA) is 81.1 Å². The maximum absolute atomic E-state index is 10.6. The van der Waals surface area contributed by atoms with E-state index in [1.165, 1.54) is 0 Å². The molecular weight excluding hydrogens is 190 g/mol. The van der Waals surface area contributed by atoms with E-state index in [1.807, 2.05) is 0 Å². The first-order chi connectivity index (χ1) is 6.15. The highest BCUT2D eigenvalue weighted by atomic mass is 35.5. The highest BCUT2D eigenvalue weighted by Crippen LogP contribution is 2.23. The molecule has 0 radical (unpaired) electrons. The Labute approximate surface area is 80.9 Å². The standard InChI is InChI=1S/C8H10ClN3O/c9-6-2-1-3-7(5(6)4-10)12-8(11)13/h1-3H,4,10H2,(H3,11,12,13). The van der Waals surface area contributed by atoms with Crippen LogP contribution in [0.1, 0.15) is 5.56 Å². The number of primary amides is 1. The van der Waals surface area contributed by atoms with Gasteiger partial charge in [-0.15, -0.1) is 0 Å². The summed E-state index contributed by atoms with van der Waals surface area (Å²) in [5.41, 5.74) is 11.7. The van der Waals surface area contributed by atoms with Gasteiger partial charge in [-0.1, -0.05) is 17.7 Å². The second-order valence-electron chi connectivity index (χ2n) is 2.46. The fraction of sp³-hybridized carbons (Fsp3) is 0.125. The number of rotatable bonds is 2. The van der Waals surface area contributed by atoms with Gasteiger partial charge in [0.1, 0.15) is 0 Å². The Hall–Kier alpha value is -1.26. The second kappa shape index (κ2) is 4.11. The molecule has 0 spiro atoms. The van der Waals surface area contributed by atoms with Crippen LogP contribution in [0.15, 0.2) is 18.2 Å². The van der Waals surface area contributed by atoms with E-state index in [2.05, 4.69) is 5.32 Å². The van der Waals surface area contributed by atoms with Gasteiger partial charge < -0.3 is 16.8 Å². The number of halogens is 1. The SMILES string of the molecule is NCc1c(Cl)cccc1NC(N)=O. The first-order valence-electron chi connectivity index (χ1n) is 3.69. The molecule has 0 aromatic heterocycles. The Balaban J connectivity index is 3.05. The van der Waals surface area contributed by atoms with E-state index >= 15 is 0 Å². The first-order valence-corrected chi connectivity index (χ1v) is 4.07. The zero-order valence-corrected chi connectivity index (χ0v) is 7.64. The lowest BCUT2D eigenvalue weighted by atomic mass is 10.2. The predicted octanol–water partition coefficient (Wildman–Crippen LogP) is 1.29. The zero-order chi connectivity index (χ0) is 9.84.